The average Bonchev–Trinajstić information content (AvgIpc) is 3.45. The van der Waals surface area contributed by atoms with Gasteiger partial charge in [-0.2, -0.15) is 8.42 Å². The maximum Gasteiger partial charge on any atom is 0.312 e. The van der Waals surface area contributed by atoms with E-state index in [1.807, 2.05) is 6.07 Å². The molecule has 0 saturated heterocycles. The Balaban J connectivity index is 0.000000218. The van der Waals surface area contributed by atoms with Gasteiger partial charge in [-0.1, -0.05) is 60.0 Å². The van der Waals surface area contributed by atoms with Crippen LogP contribution in [0.4, 0.5) is 0 Å². The first-order chi connectivity index (χ1) is 17.4. The standard InChI is InChI=1S/C24H15N2.C5H5NO3S.Ir/c1-26-21-10-3-2-7-18(21)24-17(8-5-11-22(24)26)20-14-16-13-12-15-6-4-9-19(25-20)23(15)16;7-10(8,9)5-3-1-2-4-6-5;/h2-7,9-14H,1H3;1-4H,(H,7,8,9);/q-1;;. The number of fused-ring (bicyclic) bond motifs is 3. The molecule has 0 fully saturated rings. The Labute approximate surface area is 227 Å². The van der Waals surface area contributed by atoms with Crippen LogP contribution in [0.3, 0.4) is 0 Å². The second kappa shape index (κ2) is 9.65. The minimum Gasteiger partial charge on any atom is -0.361 e. The molecule has 0 unspecified atom stereocenters. The van der Waals surface area contributed by atoms with Crippen molar-refractivity contribution in [3.05, 3.63) is 102 Å². The number of pyridine rings is 2. The zero-order valence-corrected chi connectivity index (χ0v) is 22.8. The number of hydrogen-bond donors (Lipinski definition) is 1. The molecule has 7 rings (SSSR count). The van der Waals surface area contributed by atoms with Gasteiger partial charge in [-0.25, -0.2) is 4.98 Å². The summed E-state index contributed by atoms with van der Waals surface area (Å²) in [7, 11) is -1.99. The minimum absolute atomic E-state index is 0. The van der Waals surface area contributed by atoms with Crippen molar-refractivity contribution in [1.82, 2.24) is 14.5 Å². The van der Waals surface area contributed by atoms with E-state index in [0.717, 1.165) is 16.8 Å². The summed E-state index contributed by atoms with van der Waals surface area (Å²) in [5.41, 5.74) is 8.04. The Morgan fingerprint density at radius 1 is 0.865 bits per heavy atom. The molecule has 0 bridgehead atoms. The third-order valence-corrected chi connectivity index (χ3v) is 7.14. The van der Waals surface area contributed by atoms with Gasteiger partial charge in [0.25, 0.3) is 0 Å². The number of aryl methyl sites for hydroxylation is 1. The monoisotopic (exact) mass is 683 g/mol. The predicted octanol–water partition coefficient (Wildman–Crippen LogP) is 6.16. The van der Waals surface area contributed by atoms with Gasteiger partial charge < -0.3 is 4.57 Å². The molecule has 0 saturated carbocycles. The zero-order valence-electron chi connectivity index (χ0n) is 19.6. The molecule has 1 radical (unpaired) electrons. The number of hydrogen-bond acceptors (Lipinski definition) is 4. The Kier molecular flexibility index (Phi) is 6.52. The number of nitrogens with zero attached hydrogens (tertiary/aromatic N) is 3. The van der Waals surface area contributed by atoms with Gasteiger partial charge in [0, 0.05) is 44.3 Å². The van der Waals surface area contributed by atoms with Gasteiger partial charge in [0.15, 0.2) is 5.03 Å². The normalized spacial score (nSPS) is 11.9. The molecule has 0 atom stereocenters. The Bertz CT molecular complexity index is 1930. The van der Waals surface area contributed by atoms with E-state index in [1.54, 1.807) is 6.07 Å². The van der Waals surface area contributed by atoms with E-state index in [2.05, 4.69) is 89.4 Å². The van der Waals surface area contributed by atoms with Crippen LogP contribution in [0.25, 0.3) is 56.1 Å². The van der Waals surface area contributed by atoms with Crippen LogP contribution in [0.5, 0.6) is 0 Å². The van der Waals surface area contributed by atoms with Crippen LogP contribution in [-0.2, 0) is 37.3 Å². The topological polar surface area (TPSA) is 85.1 Å². The molecule has 6 aromatic rings. The maximum absolute atomic E-state index is 10.3. The number of aromatic nitrogens is 3. The molecule has 3 aromatic heterocycles. The van der Waals surface area contributed by atoms with Crippen molar-refractivity contribution in [2.75, 3.05) is 0 Å². The fraction of sp³-hybridized carbons (Fsp3) is 0.0345. The molecule has 37 heavy (non-hydrogen) atoms. The first-order valence-corrected chi connectivity index (χ1v) is 12.7. The predicted molar refractivity (Wildman–Crippen MR) is 143 cm³/mol. The van der Waals surface area contributed by atoms with Crippen molar-refractivity contribution in [2.24, 2.45) is 7.05 Å². The summed E-state index contributed by atoms with van der Waals surface area (Å²) in [6.45, 7) is 0. The average molecular weight is 683 g/mol. The molecule has 0 amide bonds. The van der Waals surface area contributed by atoms with Crippen LogP contribution in [0.2, 0.25) is 0 Å². The molecule has 3 aromatic carbocycles. The van der Waals surface area contributed by atoms with Gasteiger partial charge in [0.05, 0.1) is 5.52 Å². The Morgan fingerprint density at radius 2 is 1.65 bits per heavy atom. The number of para-hydroxylation sites is 1. The van der Waals surface area contributed by atoms with Gasteiger partial charge in [0.1, 0.15) is 0 Å². The van der Waals surface area contributed by atoms with Crippen LogP contribution in [-0.4, -0.2) is 27.5 Å². The van der Waals surface area contributed by atoms with Crippen LogP contribution in [0.1, 0.15) is 11.1 Å². The molecule has 0 aliphatic heterocycles. The van der Waals surface area contributed by atoms with E-state index in [-0.39, 0.29) is 25.1 Å². The second-order valence-corrected chi connectivity index (χ2v) is 9.87. The van der Waals surface area contributed by atoms with E-state index >= 15 is 0 Å². The largest absolute Gasteiger partial charge is 0.361 e. The fourth-order valence-corrected chi connectivity index (χ4v) is 5.22. The molecule has 1 aliphatic rings. The summed E-state index contributed by atoms with van der Waals surface area (Å²) in [6, 6.07) is 28.9. The summed E-state index contributed by atoms with van der Waals surface area (Å²) >= 11 is 0. The Morgan fingerprint density at radius 3 is 2.41 bits per heavy atom. The molecule has 3 heterocycles. The Hall–Kier alpha value is -3.68. The van der Waals surface area contributed by atoms with Crippen molar-refractivity contribution in [1.29, 1.82) is 0 Å². The maximum atomic E-state index is 10.3. The molecule has 1 aliphatic carbocycles. The summed E-state index contributed by atoms with van der Waals surface area (Å²) in [5.74, 6) is 0. The second-order valence-electron chi connectivity index (χ2n) is 8.50. The molecule has 185 valence electrons. The van der Waals surface area contributed by atoms with Crippen LogP contribution in [0.15, 0.2) is 90.1 Å². The summed E-state index contributed by atoms with van der Waals surface area (Å²) in [5, 5.41) is 3.40. The van der Waals surface area contributed by atoms with Crippen LogP contribution >= 0.6 is 0 Å². The van der Waals surface area contributed by atoms with Crippen molar-refractivity contribution in [2.45, 2.75) is 5.03 Å². The third kappa shape index (κ3) is 4.38. The smallest absolute Gasteiger partial charge is 0.312 e. The summed E-state index contributed by atoms with van der Waals surface area (Å²) < 4.78 is 31.3. The first-order valence-electron chi connectivity index (χ1n) is 11.3. The number of rotatable bonds is 2. The van der Waals surface area contributed by atoms with E-state index in [9.17, 15) is 8.42 Å². The van der Waals surface area contributed by atoms with Crippen molar-refractivity contribution in [3.63, 3.8) is 0 Å². The van der Waals surface area contributed by atoms with Gasteiger partial charge in [-0.05, 0) is 52.0 Å². The third-order valence-electron chi connectivity index (χ3n) is 6.37. The SMILES string of the molecule is Cn1c2ccccc2c2c(-c3cc4c5c(cccc5n3)C=C4)[c-]ccc21.O=S(=O)(O)c1ccccn1.[Ir]. The molecule has 8 heteroatoms. The molecule has 1 N–H and O–H groups in total. The van der Waals surface area contributed by atoms with Crippen LogP contribution in [0, 0.1) is 6.07 Å². The van der Waals surface area contributed by atoms with Crippen LogP contribution < -0.4 is 0 Å². The van der Waals surface area contributed by atoms with E-state index in [4.69, 9.17) is 9.54 Å². The van der Waals surface area contributed by atoms with Gasteiger partial charge in [-0.3, -0.25) is 9.54 Å². The summed E-state index contributed by atoms with van der Waals surface area (Å²) in [6.07, 6.45) is 5.65. The fourth-order valence-electron chi connectivity index (χ4n) is 4.77. The van der Waals surface area contributed by atoms with Gasteiger partial charge in [-0.15, -0.1) is 23.8 Å². The molecular formula is C29H20IrN3O3S-. The quantitative estimate of drug-likeness (QED) is 0.175. The van der Waals surface area contributed by atoms with E-state index < -0.39 is 10.1 Å². The van der Waals surface area contributed by atoms with Crippen molar-refractivity contribution < 1.29 is 33.1 Å². The van der Waals surface area contributed by atoms with Crippen molar-refractivity contribution >= 4 is 55.0 Å². The van der Waals surface area contributed by atoms with Gasteiger partial charge >= 0.3 is 10.1 Å². The molecule has 6 nitrogen and oxygen atoms in total. The minimum atomic E-state index is -4.11. The zero-order chi connectivity index (χ0) is 24.9. The first kappa shape index (κ1) is 25.0. The molecule has 0 spiro atoms. The number of benzene rings is 3. The van der Waals surface area contributed by atoms with E-state index in [1.165, 1.54) is 56.6 Å². The molecular weight excluding hydrogens is 663 g/mol. The van der Waals surface area contributed by atoms with E-state index in [0.29, 0.717) is 0 Å². The summed E-state index contributed by atoms with van der Waals surface area (Å²) in [4.78, 5) is 8.40. The van der Waals surface area contributed by atoms with Crippen molar-refractivity contribution in [3.8, 4) is 11.3 Å². The van der Waals surface area contributed by atoms with Gasteiger partial charge in [0.2, 0.25) is 0 Å².